The average Bonchev–Trinajstić information content (AvgIpc) is 3.27. The van der Waals surface area contributed by atoms with Gasteiger partial charge in [0.15, 0.2) is 17.5 Å². The molecule has 0 amide bonds. The minimum Gasteiger partial charge on any atom is -0.454 e. The fourth-order valence-corrected chi connectivity index (χ4v) is 4.08. The molecule has 0 unspecified atom stereocenters. The maximum absolute atomic E-state index is 13.1. The second kappa shape index (κ2) is 11.7. The van der Waals surface area contributed by atoms with E-state index < -0.39 is 0 Å². The molecule has 2 aliphatic heterocycles. The van der Waals surface area contributed by atoms with Crippen molar-refractivity contribution in [3.8, 4) is 11.5 Å². The number of hydrogen-bond donors (Lipinski definition) is 2. The van der Waals surface area contributed by atoms with Crippen LogP contribution in [-0.2, 0) is 16.6 Å². The zero-order valence-corrected chi connectivity index (χ0v) is 20.7. The quantitative estimate of drug-likeness (QED) is 0.307. The smallest absolute Gasteiger partial charge is 0.231 e. The predicted molar refractivity (Wildman–Crippen MR) is 134 cm³/mol. The van der Waals surface area contributed by atoms with Crippen molar-refractivity contribution in [1.82, 2.24) is 10.6 Å². The van der Waals surface area contributed by atoms with Crippen molar-refractivity contribution in [2.45, 2.75) is 31.6 Å². The first-order valence-electron chi connectivity index (χ1n) is 10.9. The molecule has 0 aromatic heterocycles. The maximum Gasteiger partial charge on any atom is 0.231 e. The van der Waals surface area contributed by atoms with E-state index in [0.717, 1.165) is 68.6 Å². The molecule has 0 spiro atoms. The number of ether oxygens (including phenoxy) is 3. The van der Waals surface area contributed by atoms with E-state index in [0.29, 0.717) is 6.54 Å². The zero-order valence-electron chi connectivity index (χ0n) is 18.4. The fraction of sp³-hybridized carbons (Fsp3) is 0.458. The standard InChI is InChI=1S/C24H30FN3O3.HI/c1-2-26-23(27-12-9-18-3-6-20(25)7-4-18)28-16-24(10-13-29-14-11-24)19-5-8-21-22(15-19)31-17-30-21;/h3-8,15H,2,9-14,16-17H2,1H3,(H2,26,27,28);1H. The number of benzene rings is 2. The summed E-state index contributed by atoms with van der Waals surface area (Å²) in [4.78, 5) is 4.93. The zero-order chi connectivity index (χ0) is 21.5. The molecule has 0 radical (unpaired) electrons. The molecule has 4 rings (SSSR count). The number of hydrogen-bond acceptors (Lipinski definition) is 4. The molecule has 2 aliphatic rings. The molecule has 32 heavy (non-hydrogen) atoms. The SMILES string of the molecule is CCNC(=NCC1(c2ccc3c(c2)OCO3)CCOCC1)NCCc1ccc(F)cc1.I. The first-order valence-corrected chi connectivity index (χ1v) is 10.9. The lowest BCUT2D eigenvalue weighted by molar-refractivity contribution is 0.0530. The van der Waals surface area contributed by atoms with Crippen LogP contribution in [0.4, 0.5) is 4.39 Å². The second-order valence-corrected chi connectivity index (χ2v) is 7.96. The predicted octanol–water partition coefficient (Wildman–Crippen LogP) is 4.02. The van der Waals surface area contributed by atoms with Crippen LogP contribution in [0.15, 0.2) is 47.5 Å². The maximum atomic E-state index is 13.1. The van der Waals surface area contributed by atoms with E-state index in [1.165, 1.54) is 17.7 Å². The molecular weight excluding hydrogens is 524 g/mol. The van der Waals surface area contributed by atoms with Gasteiger partial charge in [-0.15, -0.1) is 24.0 Å². The van der Waals surface area contributed by atoms with Crippen LogP contribution >= 0.6 is 24.0 Å². The Morgan fingerprint density at radius 2 is 1.78 bits per heavy atom. The van der Waals surface area contributed by atoms with Crippen molar-refractivity contribution in [3.05, 3.63) is 59.4 Å². The third kappa shape index (κ3) is 6.04. The van der Waals surface area contributed by atoms with Crippen LogP contribution in [0.3, 0.4) is 0 Å². The van der Waals surface area contributed by atoms with E-state index in [2.05, 4.69) is 29.7 Å². The van der Waals surface area contributed by atoms with E-state index in [1.807, 2.05) is 18.2 Å². The summed E-state index contributed by atoms with van der Waals surface area (Å²) < 4.78 is 29.8. The Bertz CT molecular complexity index is 902. The molecule has 2 heterocycles. The van der Waals surface area contributed by atoms with Gasteiger partial charge in [0.1, 0.15) is 5.82 Å². The minimum absolute atomic E-state index is 0. The van der Waals surface area contributed by atoms with Crippen molar-refractivity contribution in [2.75, 3.05) is 39.6 Å². The van der Waals surface area contributed by atoms with Gasteiger partial charge in [-0.2, -0.15) is 0 Å². The van der Waals surface area contributed by atoms with Crippen molar-refractivity contribution < 1.29 is 18.6 Å². The van der Waals surface area contributed by atoms with Crippen LogP contribution in [0.5, 0.6) is 11.5 Å². The summed E-state index contributed by atoms with van der Waals surface area (Å²) in [7, 11) is 0. The van der Waals surface area contributed by atoms with Gasteiger partial charge in [0.2, 0.25) is 6.79 Å². The Hall–Kier alpha value is -2.07. The molecule has 0 atom stereocenters. The number of nitrogens with zero attached hydrogens (tertiary/aromatic N) is 1. The third-order valence-corrected chi connectivity index (χ3v) is 5.94. The topological polar surface area (TPSA) is 64.1 Å². The van der Waals surface area contributed by atoms with E-state index in [-0.39, 0.29) is 42.0 Å². The lowest BCUT2D eigenvalue weighted by atomic mass is 9.74. The Kier molecular flexibility index (Phi) is 8.98. The minimum atomic E-state index is -0.211. The third-order valence-electron chi connectivity index (χ3n) is 5.94. The number of fused-ring (bicyclic) bond motifs is 1. The van der Waals surface area contributed by atoms with Crippen LogP contribution in [0.2, 0.25) is 0 Å². The molecule has 0 bridgehead atoms. The lowest BCUT2D eigenvalue weighted by Crippen LogP contribution is -2.41. The molecule has 2 N–H and O–H groups in total. The Morgan fingerprint density at radius 1 is 1.03 bits per heavy atom. The van der Waals surface area contributed by atoms with Gasteiger partial charge >= 0.3 is 0 Å². The van der Waals surface area contributed by atoms with Crippen molar-refractivity contribution in [2.24, 2.45) is 4.99 Å². The van der Waals surface area contributed by atoms with Gasteiger partial charge in [-0.25, -0.2) is 4.39 Å². The highest BCUT2D eigenvalue weighted by Crippen LogP contribution is 2.41. The van der Waals surface area contributed by atoms with Crippen molar-refractivity contribution in [1.29, 1.82) is 0 Å². The molecular formula is C24H31FIN3O3. The Labute approximate surface area is 206 Å². The summed E-state index contributed by atoms with van der Waals surface area (Å²) in [6.45, 7) is 5.92. The molecule has 6 nitrogen and oxygen atoms in total. The first kappa shape index (κ1) is 24.6. The number of halogens is 2. The highest BCUT2D eigenvalue weighted by molar-refractivity contribution is 14.0. The average molecular weight is 555 g/mol. The molecule has 0 aliphatic carbocycles. The van der Waals surface area contributed by atoms with E-state index >= 15 is 0 Å². The van der Waals surface area contributed by atoms with Gasteiger partial charge in [0.25, 0.3) is 0 Å². The van der Waals surface area contributed by atoms with Crippen LogP contribution < -0.4 is 20.1 Å². The molecule has 174 valence electrons. The molecule has 1 saturated heterocycles. The van der Waals surface area contributed by atoms with Gasteiger partial charge in [-0.05, 0) is 61.6 Å². The molecule has 8 heteroatoms. The van der Waals surface area contributed by atoms with Crippen LogP contribution in [-0.4, -0.2) is 45.6 Å². The summed E-state index contributed by atoms with van der Waals surface area (Å²) in [5.41, 5.74) is 2.20. The number of rotatable bonds is 7. The first-order chi connectivity index (χ1) is 15.2. The van der Waals surface area contributed by atoms with Crippen LogP contribution in [0.1, 0.15) is 30.9 Å². The largest absolute Gasteiger partial charge is 0.454 e. The monoisotopic (exact) mass is 555 g/mol. The van der Waals surface area contributed by atoms with Crippen molar-refractivity contribution >= 4 is 29.9 Å². The second-order valence-electron chi connectivity index (χ2n) is 7.96. The lowest BCUT2D eigenvalue weighted by Gasteiger charge is -2.36. The molecule has 1 fully saturated rings. The summed E-state index contributed by atoms with van der Waals surface area (Å²) in [6, 6.07) is 12.8. The van der Waals surface area contributed by atoms with Gasteiger partial charge in [0, 0.05) is 31.7 Å². The van der Waals surface area contributed by atoms with Crippen LogP contribution in [0, 0.1) is 5.82 Å². The molecule has 0 saturated carbocycles. The normalized spacial score (nSPS) is 16.9. The summed E-state index contributed by atoms with van der Waals surface area (Å²) in [6.07, 6.45) is 2.61. The molecule has 2 aromatic rings. The Balaban J connectivity index is 0.00000289. The van der Waals surface area contributed by atoms with Gasteiger partial charge in [0.05, 0.1) is 6.54 Å². The van der Waals surface area contributed by atoms with Gasteiger partial charge in [-0.3, -0.25) is 4.99 Å². The highest BCUT2D eigenvalue weighted by atomic mass is 127. The van der Waals surface area contributed by atoms with Gasteiger partial charge in [-0.1, -0.05) is 18.2 Å². The van der Waals surface area contributed by atoms with Gasteiger partial charge < -0.3 is 24.8 Å². The fourth-order valence-electron chi connectivity index (χ4n) is 4.08. The number of nitrogens with one attached hydrogen (secondary N) is 2. The molecule has 2 aromatic carbocycles. The van der Waals surface area contributed by atoms with Crippen LogP contribution in [0.25, 0.3) is 0 Å². The Morgan fingerprint density at radius 3 is 2.53 bits per heavy atom. The van der Waals surface area contributed by atoms with E-state index in [1.54, 1.807) is 0 Å². The van der Waals surface area contributed by atoms with E-state index in [4.69, 9.17) is 19.2 Å². The summed E-state index contributed by atoms with van der Waals surface area (Å²) in [5, 5.41) is 6.73. The summed E-state index contributed by atoms with van der Waals surface area (Å²) in [5.74, 6) is 2.18. The highest BCUT2D eigenvalue weighted by Gasteiger charge is 2.35. The summed E-state index contributed by atoms with van der Waals surface area (Å²) >= 11 is 0. The number of guanidine groups is 1. The van der Waals surface area contributed by atoms with Crippen molar-refractivity contribution in [3.63, 3.8) is 0 Å². The van der Waals surface area contributed by atoms with E-state index in [9.17, 15) is 4.39 Å². The number of aliphatic imine (C=N–C) groups is 1.